The molecule has 4 heteroatoms. The van der Waals surface area contributed by atoms with Crippen molar-refractivity contribution in [3.05, 3.63) is 29.3 Å². The summed E-state index contributed by atoms with van der Waals surface area (Å²) in [6.07, 6.45) is 0. The maximum Gasteiger partial charge on any atom is 0.229 e. The first-order chi connectivity index (χ1) is 8.08. The Bertz CT molecular complexity index is 391. The lowest BCUT2D eigenvalue weighted by Crippen LogP contribution is -2.24. The van der Waals surface area contributed by atoms with Crippen LogP contribution in [0.15, 0.2) is 18.2 Å². The van der Waals surface area contributed by atoms with Crippen LogP contribution in [0.4, 0.5) is 0 Å². The van der Waals surface area contributed by atoms with E-state index >= 15 is 0 Å². The highest BCUT2D eigenvalue weighted by Gasteiger charge is 2.07. The van der Waals surface area contributed by atoms with Gasteiger partial charge in [-0.2, -0.15) is 12.6 Å². The Balaban J connectivity index is 2.81. The van der Waals surface area contributed by atoms with Crippen LogP contribution in [0.2, 0.25) is 0 Å². The first-order valence-electron chi connectivity index (χ1n) is 5.62. The smallest absolute Gasteiger partial charge is 0.229 e. The fourth-order valence-electron chi connectivity index (χ4n) is 1.52. The number of hydrogen-bond donors (Lipinski definition) is 2. The summed E-state index contributed by atoms with van der Waals surface area (Å²) >= 11 is 3.91. The van der Waals surface area contributed by atoms with Gasteiger partial charge in [-0.25, -0.2) is 0 Å². The molecular weight excluding hydrogens is 234 g/mol. The zero-order valence-electron chi connectivity index (χ0n) is 10.5. The van der Waals surface area contributed by atoms with Gasteiger partial charge in [0.15, 0.2) is 0 Å². The molecule has 94 valence electrons. The largest absolute Gasteiger partial charge is 0.496 e. The maximum absolute atomic E-state index is 11.1. The van der Waals surface area contributed by atoms with Gasteiger partial charge in [0.1, 0.15) is 5.75 Å². The van der Waals surface area contributed by atoms with Crippen molar-refractivity contribution in [2.75, 3.05) is 12.9 Å². The number of amides is 1. The highest BCUT2D eigenvalue weighted by molar-refractivity contribution is 7.81. The number of methoxy groups -OCH3 is 1. The van der Waals surface area contributed by atoms with Crippen LogP contribution < -0.4 is 10.1 Å². The van der Waals surface area contributed by atoms with Crippen LogP contribution in [0.5, 0.6) is 5.75 Å². The third kappa shape index (κ3) is 3.97. The van der Waals surface area contributed by atoms with Gasteiger partial charge in [-0.15, -0.1) is 0 Å². The van der Waals surface area contributed by atoms with E-state index in [9.17, 15) is 4.79 Å². The third-order valence-corrected chi connectivity index (χ3v) is 2.88. The van der Waals surface area contributed by atoms with Crippen LogP contribution in [0, 0.1) is 0 Å². The molecule has 0 aliphatic rings. The van der Waals surface area contributed by atoms with E-state index in [1.54, 1.807) is 7.11 Å². The Kier molecular flexibility index (Phi) is 5.35. The van der Waals surface area contributed by atoms with Crippen molar-refractivity contribution >= 4 is 18.5 Å². The number of carbonyl (C=O) groups is 1. The highest BCUT2D eigenvalue weighted by atomic mass is 32.1. The summed E-state index contributed by atoms with van der Waals surface area (Å²) in [5, 5.41) is 2.78. The average molecular weight is 253 g/mol. The third-order valence-electron chi connectivity index (χ3n) is 2.60. The minimum atomic E-state index is -0.0803. The molecule has 0 fully saturated rings. The summed E-state index contributed by atoms with van der Waals surface area (Å²) in [4.78, 5) is 11.1. The first kappa shape index (κ1) is 13.9. The number of hydrogen-bond acceptors (Lipinski definition) is 3. The number of rotatable bonds is 5. The molecule has 1 aromatic carbocycles. The number of benzene rings is 1. The Morgan fingerprint density at radius 3 is 2.71 bits per heavy atom. The van der Waals surface area contributed by atoms with E-state index in [1.807, 2.05) is 12.1 Å². The molecule has 0 aliphatic heterocycles. The van der Waals surface area contributed by atoms with Crippen molar-refractivity contribution in [1.82, 2.24) is 5.32 Å². The molecule has 0 unspecified atom stereocenters. The SMILES string of the molecule is COc1cc(C(C)C)ccc1CNC(=O)CS. The van der Waals surface area contributed by atoms with E-state index in [2.05, 4.69) is 37.9 Å². The second-order valence-corrected chi connectivity index (χ2v) is 4.48. The molecule has 0 saturated carbocycles. The Morgan fingerprint density at radius 1 is 1.47 bits per heavy atom. The van der Waals surface area contributed by atoms with Crippen molar-refractivity contribution in [3.63, 3.8) is 0 Å². The standard InChI is InChI=1S/C13H19NO2S/c1-9(2)10-4-5-11(12(6-10)16-3)7-14-13(15)8-17/h4-6,9,17H,7-8H2,1-3H3,(H,14,15). The molecule has 17 heavy (non-hydrogen) atoms. The summed E-state index contributed by atoms with van der Waals surface area (Å²) in [6.45, 7) is 4.75. The van der Waals surface area contributed by atoms with Crippen molar-refractivity contribution in [3.8, 4) is 5.75 Å². The second-order valence-electron chi connectivity index (χ2n) is 4.16. The van der Waals surface area contributed by atoms with Gasteiger partial charge in [-0.1, -0.05) is 26.0 Å². The Morgan fingerprint density at radius 2 is 2.18 bits per heavy atom. The number of ether oxygens (including phenoxy) is 1. The average Bonchev–Trinajstić information content (AvgIpc) is 2.35. The lowest BCUT2D eigenvalue weighted by molar-refractivity contribution is -0.118. The Labute approximate surface area is 108 Å². The number of carbonyl (C=O) groups excluding carboxylic acids is 1. The predicted octanol–water partition coefficient (Wildman–Crippen LogP) is 2.36. The van der Waals surface area contributed by atoms with Crippen molar-refractivity contribution in [2.24, 2.45) is 0 Å². The van der Waals surface area contributed by atoms with Crippen molar-refractivity contribution in [2.45, 2.75) is 26.3 Å². The molecule has 1 aromatic rings. The van der Waals surface area contributed by atoms with E-state index in [4.69, 9.17) is 4.74 Å². The highest BCUT2D eigenvalue weighted by Crippen LogP contribution is 2.24. The van der Waals surface area contributed by atoms with Crippen LogP contribution in [-0.4, -0.2) is 18.8 Å². The van der Waals surface area contributed by atoms with Gasteiger partial charge in [-0.3, -0.25) is 4.79 Å². The molecule has 0 radical (unpaired) electrons. The van der Waals surface area contributed by atoms with E-state index < -0.39 is 0 Å². The number of thiol groups is 1. The summed E-state index contributed by atoms with van der Waals surface area (Å²) in [5.41, 5.74) is 2.21. The molecule has 0 spiro atoms. The summed E-state index contributed by atoms with van der Waals surface area (Å²) < 4.78 is 5.33. The van der Waals surface area contributed by atoms with Crippen LogP contribution in [-0.2, 0) is 11.3 Å². The topological polar surface area (TPSA) is 38.3 Å². The number of nitrogens with one attached hydrogen (secondary N) is 1. The summed E-state index contributed by atoms with van der Waals surface area (Å²) in [6, 6.07) is 6.08. The molecule has 0 atom stereocenters. The molecule has 0 saturated heterocycles. The lowest BCUT2D eigenvalue weighted by Gasteiger charge is -2.13. The quantitative estimate of drug-likeness (QED) is 0.791. The van der Waals surface area contributed by atoms with Crippen molar-refractivity contribution in [1.29, 1.82) is 0 Å². The van der Waals surface area contributed by atoms with Gasteiger partial charge in [0, 0.05) is 12.1 Å². The minimum Gasteiger partial charge on any atom is -0.496 e. The van der Waals surface area contributed by atoms with E-state index in [0.29, 0.717) is 12.5 Å². The van der Waals surface area contributed by atoms with E-state index in [-0.39, 0.29) is 11.7 Å². The van der Waals surface area contributed by atoms with Gasteiger partial charge in [-0.05, 0) is 17.5 Å². The van der Waals surface area contributed by atoms with E-state index in [0.717, 1.165) is 11.3 Å². The lowest BCUT2D eigenvalue weighted by atomic mass is 10.0. The normalized spacial score (nSPS) is 10.4. The van der Waals surface area contributed by atoms with Crippen LogP contribution in [0.1, 0.15) is 30.9 Å². The zero-order valence-corrected chi connectivity index (χ0v) is 11.4. The molecule has 1 amide bonds. The molecule has 0 heterocycles. The monoisotopic (exact) mass is 253 g/mol. The van der Waals surface area contributed by atoms with Gasteiger partial charge in [0.25, 0.3) is 0 Å². The van der Waals surface area contributed by atoms with Gasteiger partial charge in [0.05, 0.1) is 12.9 Å². The van der Waals surface area contributed by atoms with Crippen LogP contribution in [0.25, 0.3) is 0 Å². The van der Waals surface area contributed by atoms with Crippen LogP contribution >= 0.6 is 12.6 Å². The summed E-state index contributed by atoms with van der Waals surface area (Å²) in [7, 11) is 1.64. The van der Waals surface area contributed by atoms with Crippen LogP contribution in [0.3, 0.4) is 0 Å². The first-order valence-corrected chi connectivity index (χ1v) is 6.26. The molecule has 3 nitrogen and oxygen atoms in total. The minimum absolute atomic E-state index is 0.0803. The zero-order chi connectivity index (χ0) is 12.8. The molecule has 0 bridgehead atoms. The van der Waals surface area contributed by atoms with Gasteiger partial charge >= 0.3 is 0 Å². The van der Waals surface area contributed by atoms with Gasteiger partial charge in [0.2, 0.25) is 5.91 Å². The van der Waals surface area contributed by atoms with E-state index in [1.165, 1.54) is 5.56 Å². The fourth-order valence-corrected chi connectivity index (χ4v) is 1.63. The predicted molar refractivity (Wildman–Crippen MR) is 72.8 cm³/mol. The second kappa shape index (κ2) is 6.55. The summed E-state index contributed by atoms with van der Waals surface area (Å²) in [5.74, 6) is 1.40. The molecule has 0 aromatic heterocycles. The fraction of sp³-hybridized carbons (Fsp3) is 0.462. The molecule has 1 rings (SSSR count). The molecule has 1 N–H and O–H groups in total. The Hall–Kier alpha value is -1.16. The molecule has 0 aliphatic carbocycles. The molecular formula is C13H19NO2S. The van der Waals surface area contributed by atoms with Crippen molar-refractivity contribution < 1.29 is 9.53 Å². The van der Waals surface area contributed by atoms with Gasteiger partial charge < -0.3 is 10.1 Å². The maximum atomic E-state index is 11.1.